The van der Waals surface area contributed by atoms with Crippen LogP contribution in [0.2, 0.25) is 10.0 Å². The SMILES string of the molecule is CCCCOc1ccc(C2C(C(=O)c3ccc(C)o3)=C(O)C(=O)N2c2nnc(SCc3ccc(Cl)cc3Cl)s2)cc1OC. The van der Waals surface area contributed by atoms with Crippen LogP contribution in [0.1, 0.15) is 53.2 Å². The van der Waals surface area contributed by atoms with E-state index in [1.165, 1.54) is 29.8 Å². The third-order valence-electron chi connectivity index (χ3n) is 6.64. The average molecular weight is 661 g/mol. The Morgan fingerprint density at radius 1 is 1.14 bits per heavy atom. The van der Waals surface area contributed by atoms with Crippen molar-refractivity contribution in [2.45, 2.75) is 42.8 Å². The molecular weight excluding hydrogens is 633 g/mol. The summed E-state index contributed by atoms with van der Waals surface area (Å²) in [6.45, 7) is 4.28. The standard InChI is InChI=1S/C30H27Cl2N3O6S2/c1-4-5-12-40-21-11-8-17(13-23(21)39-3)25-24(26(36)22-10-6-16(2)41-22)27(37)28(38)35(25)29-33-34-30(43-29)42-15-18-7-9-19(31)14-20(18)32/h6-11,13-14,25,37H,4-5,12,15H2,1-3H3. The van der Waals surface area contributed by atoms with Crippen molar-refractivity contribution in [2.75, 3.05) is 18.6 Å². The lowest BCUT2D eigenvalue weighted by Gasteiger charge is -2.24. The number of nitrogens with zero attached hydrogens (tertiary/aromatic N) is 3. The molecule has 224 valence electrons. The first-order valence-electron chi connectivity index (χ1n) is 13.3. The molecule has 0 spiro atoms. The third-order valence-corrected chi connectivity index (χ3v) is 9.34. The van der Waals surface area contributed by atoms with E-state index in [-0.39, 0.29) is 16.5 Å². The number of hydrogen-bond acceptors (Lipinski definition) is 10. The number of unbranched alkanes of at least 4 members (excludes halogenated alkanes) is 1. The number of carbonyl (C=O) groups excluding carboxylic acids is 2. The molecule has 1 N–H and O–H groups in total. The van der Waals surface area contributed by atoms with E-state index in [1.54, 1.807) is 43.3 Å². The molecule has 0 saturated carbocycles. The maximum absolute atomic E-state index is 13.7. The number of anilines is 1. The van der Waals surface area contributed by atoms with Crippen LogP contribution in [0, 0.1) is 6.92 Å². The number of thioether (sulfide) groups is 1. The Bertz CT molecular complexity index is 1700. The van der Waals surface area contributed by atoms with Crippen molar-refractivity contribution < 1.29 is 28.6 Å². The van der Waals surface area contributed by atoms with Crippen LogP contribution in [-0.2, 0) is 10.5 Å². The average Bonchev–Trinajstić information content (AvgIpc) is 3.70. The first-order valence-corrected chi connectivity index (χ1v) is 15.9. The van der Waals surface area contributed by atoms with E-state index >= 15 is 0 Å². The summed E-state index contributed by atoms with van der Waals surface area (Å²) in [4.78, 5) is 28.5. The van der Waals surface area contributed by atoms with Gasteiger partial charge in [0.15, 0.2) is 27.4 Å². The summed E-state index contributed by atoms with van der Waals surface area (Å²) in [5.41, 5.74) is 1.22. The van der Waals surface area contributed by atoms with Crippen LogP contribution in [0.25, 0.3) is 0 Å². The third kappa shape index (κ3) is 6.54. The molecule has 1 unspecified atom stereocenters. The highest BCUT2D eigenvalue weighted by molar-refractivity contribution is 8.00. The van der Waals surface area contributed by atoms with E-state index in [1.807, 2.05) is 6.07 Å². The highest BCUT2D eigenvalue weighted by Gasteiger charge is 2.47. The minimum Gasteiger partial charge on any atom is -0.503 e. The predicted molar refractivity (Wildman–Crippen MR) is 167 cm³/mol. The molecule has 2 aromatic heterocycles. The van der Waals surface area contributed by atoms with Gasteiger partial charge in [-0.2, -0.15) is 0 Å². The molecule has 1 atom stereocenters. The van der Waals surface area contributed by atoms with E-state index in [0.29, 0.717) is 49.6 Å². The van der Waals surface area contributed by atoms with Gasteiger partial charge in [-0.15, -0.1) is 10.2 Å². The van der Waals surface area contributed by atoms with Crippen molar-refractivity contribution in [1.82, 2.24) is 10.2 Å². The van der Waals surface area contributed by atoms with E-state index in [0.717, 1.165) is 29.7 Å². The minimum atomic E-state index is -1.04. The Morgan fingerprint density at radius 2 is 1.95 bits per heavy atom. The van der Waals surface area contributed by atoms with Crippen LogP contribution in [-0.4, -0.2) is 40.7 Å². The molecule has 0 bridgehead atoms. The van der Waals surface area contributed by atoms with Crippen molar-refractivity contribution in [3.05, 3.63) is 92.6 Å². The number of ether oxygens (including phenoxy) is 2. The van der Waals surface area contributed by atoms with Crippen LogP contribution >= 0.6 is 46.3 Å². The Kier molecular flexibility index (Phi) is 9.65. The number of Topliss-reactive ketones (excluding diaryl/α,β-unsaturated/α-hetero) is 1. The highest BCUT2D eigenvalue weighted by atomic mass is 35.5. The number of methoxy groups -OCH3 is 1. The first kappa shape index (κ1) is 30.9. The highest BCUT2D eigenvalue weighted by Crippen LogP contribution is 2.45. The molecular formula is C30H27Cl2N3O6S2. The Morgan fingerprint density at radius 3 is 2.65 bits per heavy atom. The van der Waals surface area contributed by atoms with Crippen molar-refractivity contribution in [1.29, 1.82) is 0 Å². The van der Waals surface area contributed by atoms with Crippen LogP contribution in [0.5, 0.6) is 11.5 Å². The van der Waals surface area contributed by atoms with E-state index < -0.39 is 23.5 Å². The number of aromatic nitrogens is 2. The van der Waals surface area contributed by atoms with E-state index in [4.69, 9.17) is 37.1 Å². The van der Waals surface area contributed by atoms with Crippen molar-refractivity contribution in [3.63, 3.8) is 0 Å². The van der Waals surface area contributed by atoms with Gasteiger partial charge in [-0.3, -0.25) is 14.5 Å². The molecule has 1 aliphatic rings. The number of halogens is 2. The van der Waals surface area contributed by atoms with Gasteiger partial charge in [-0.05, 0) is 60.9 Å². The molecule has 2 aromatic carbocycles. The fourth-order valence-electron chi connectivity index (χ4n) is 4.48. The number of aryl methyl sites for hydroxylation is 1. The number of furan rings is 1. The molecule has 1 amide bonds. The number of aliphatic hydroxyl groups excluding tert-OH is 1. The van der Waals surface area contributed by atoms with E-state index in [9.17, 15) is 14.7 Å². The van der Waals surface area contributed by atoms with Crippen LogP contribution in [0.3, 0.4) is 0 Å². The molecule has 4 aromatic rings. The molecule has 0 saturated heterocycles. The van der Waals surface area contributed by atoms with Crippen molar-refractivity contribution in [2.24, 2.45) is 0 Å². The summed E-state index contributed by atoms with van der Waals surface area (Å²) in [6, 6.07) is 12.5. The number of aliphatic hydroxyl groups is 1. The van der Waals surface area contributed by atoms with Crippen molar-refractivity contribution in [3.8, 4) is 11.5 Å². The van der Waals surface area contributed by atoms with Gasteiger partial charge in [-0.1, -0.05) is 71.8 Å². The maximum atomic E-state index is 13.7. The fraction of sp³-hybridized carbons (Fsp3) is 0.267. The maximum Gasteiger partial charge on any atom is 0.296 e. The van der Waals surface area contributed by atoms with Gasteiger partial charge in [-0.25, -0.2) is 0 Å². The first-order chi connectivity index (χ1) is 20.7. The second-order valence-corrected chi connectivity index (χ2v) is 12.6. The summed E-state index contributed by atoms with van der Waals surface area (Å²) in [5.74, 6) is -0.151. The van der Waals surface area contributed by atoms with Gasteiger partial charge in [0.05, 0.1) is 25.3 Å². The van der Waals surface area contributed by atoms with Gasteiger partial charge in [0.1, 0.15) is 5.76 Å². The number of benzene rings is 2. The fourth-order valence-corrected chi connectivity index (χ4v) is 6.90. The number of rotatable bonds is 12. The molecule has 0 aliphatic carbocycles. The molecule has 9 nitrogen and oxygen atoms in total. The lowest BCUT2D eigenvalue weighted by molar-refractivity contribution is -0.117. The number of hydrogen-bond donors (Lipinski definition) is 1. The normalized spacial score (nSPS) is 15.0. The van der Waals surface area contributed by atoms with Gasteiger partial charge in [0, 0.05) is 15.8 Å². The topological polar surface area (TPSA) is 115 Å². The van der Waals surface area contributed by atoms with Gasteiger partial charge in [0.25, 0.3) is 5.91 Å². The quantitative estimate of drug-likeness (QED) is 0.0698. The molecule has 0 radical (unpaired) electrons. The Hall–Kier alpha value is -3.51. The molecule has 0 fully saturated rings. The predicted octanol–water partition coefficient (Wildman–Crippen LogP) is 8.01. The molecule has 5 rings (SSSR count). The molecule has 1 aliphatic heterocycles. The van der Waals surface area contributed by atoms with E-state index in [2.05, 4.69) is 17.1 Å². The number of amides is 1. The van der Waals surface area contributed by atoms with Gasteiger partial charge in [0.2, 0.25) is 10.9 Å². The van der Waals surface area contributed by atoms with Crippen molar-refractivity contribution >= 4 is 63.1 Å². The lowest BCUT2D eigenvalue weighted by Crippen LogP contribution is -2.31. The summed E-state index contributed by atoms with van der Waals surface area (Å²) in [5, 5.41) is 20.9. The number of carbonyl (C=O) groups is 2. The van der Waals surface area contributed by atoms with Gasteiger partial charge < -0.3 is 19.0 Å². The summed E-state index contributed by atoms with van der Waals surface area (Å²) in [7, 11) is 1.51. The van der Waals surface area contributed by atoms with Crippen LogP contribution in [0.4, 0.5) is 5.13 Å². The minimum absolute atomic E-state index is 0.00136. The largest absolute Gasteiger partial charge is 0.503 e. The zero-order chi connectivity index (χ0) is 30.7. The zero-order valence-corrected chi connectivity index (χ0v) is 26.6. The lowest BCUT2D eigenvalue weighted by atomic mass is 9.95. The Balaban J connectivity index is 1.51. The second kappa shape index (κ2) is 13.4. The molecule has 43 heavy (non-hydrogen) atoms. The second-order valence-electron chi connectivity index (χ2n) is 9.57. The summed E-state index contributed by atoms with van der Waals surface area (Å²) < 4.78 is 17.6. The van der Waals surface area contributed by atoms with Crippen LogP contribution < -0.4 is 14.4 Å². The molecule has 13 heteroatoms. The summed E-state index contributed by atoms with van der Waals surface area (Å²) >= 11 is 14.9. The molecule has 3 heterocycles. The number of ketones is 1. The smallest absolute Gasteiger partial charge is 0.296 e. The zero-order valence-electron chi connectivity index (χ0n) is 23.4. The van der Waals surface area contributed by atoms with Gasteiger partial charge >= 0.3 is 0 Å². The monoisotopic (exact) mass is 659 g/mol. The van der Waals surface area contributed by atoms with Crippen LogP contribution in [0.15, 0.2) is 68.6 Å². The Labute approximate surface area is 266 Å². The summed E-state index contributed by atoms with van der Waals surface area (Å²) in [6.07, 6.45) is 1.84.